The Morgan fingerprint density at radius 1 is 1.56 bits per heavy atom. The van der Waals surface area contributed by atoms with Crippen molar-refractivity contribution in [3.63, 3.8) is 0 Å². The molecular formula is C12H13N3O2S. The lowest BCUT2D eigenvalue weighted by Gasteiger charge is -2.02. The minimum Gasteiger partial charge on any atom is -0.440 e. The van der Waals surface area contributed by atoms with Crippen molar-refractivity contribution in [2.45, 2.75) is 17.9 Å². The van der Waals surface area contributed by atoms with E-state index in [0.717, 1.165) is 11.3 Å². The molecule has 0 unspecified atom stereocenters. The molecule has 0 saturated carbocycles. The average Bonchev–Trinajstić information content (AvgIpc) is 2.81. The number of carbonyl (C=O) groups excluding carboxylic acids is 1. The Morgan fingerprint density at radius 2 is 2.39 bits per heavy atom. The van der Waals surface area contributed by atoms with E-state index in [1.165, 1.54) is 11.8 Å². The summed E-state index contributed by atoms with van der Waals surface area (Å²) in [7, 11) is 0. The fourth-order valence-corrected chi connectivity index (χ4v) is 2.22. The first-order valence-corrected chi connectivity index (χ1v) is 6.32. The van der Waals surface area contributed by atoms with Gasteiger partial charge in [-0.15, -0.1) is 0 Å². The number of hydrazine groups is 1. The number of oxazole rings is 1. The molecule has 0 spiro atoms. The van der Waals surface area contributed by atoms with Crippen LogP contribution in [0.3, 0.4) is 0 Å². The monoisotopic (exact) mass is 263 g/mol. The zero-order valence-electron chi connectivity index (χ0n) is 9.84. The molecule has 6 heteroatoms. The molecule has 1 aromatic carbocycles. The van der Waals surface area contributed by atoms with Gasteiger partial charge < -0.3 is 4.42 Å². The van der Waals surface area contributed by atoms with Crippen molar-refractivity contribution in [3.8, 4) is 0 Å². The van der Waals surface area contributed by atoms with Gasteiger partial charge in [0.1, 0.15) is 6.26 Å². The zero-order chi connectivity index (χ0) is 13.0. The SMILES string of the molecule is Cc1coc(SCc2cccc(C(=O)NN)c2)n1. The fourth-order valence-electron chi connectivity index (χ4n) is 1.43. The van der Waals surface area contributed by atoms with E-state index in [4.69, 9.17) is 10.3 Å². The lowest BCUT2D eigenvalue weighted by atomic mass is 10.1. The molecule has 0 aliphatic heterocycles. The summed E-state index contributed by atoms with van der Waals surface area (Å²) in [6, 6.07) is 7.27. The van der Waals surface area contributed by atoms with Crippen LogP contribution in [0, 0.1) is 6.92 Å². The number of aromatic nitrogens is 1. The third kappa shape index (κ3) is 3.12. The van der Waals surface area contributed by atoms with Gasteiger partial charge in [-0.25, -0.2) is 10.8 Å². The fraction of sp³-hybridized carbons (Fsp3) is 0.167. The van der Waals surface area contributed by atoms with Gasteiger partial charge >= 0.3 is 0 Å². The number of nitrogen functional groups attached to an aromatic ring is 1. The van der Waals surface area contributed by atoms with Gasteiger partial charge in [-0.2, -0.15) is 0 Å². The summed E-state index contributed by atoms with van der Waals surface area (Å²) >= 11 is 1.48. The van der Waals surface area contributed by atoms with Crippen LogP contribution in [0.1, 0.15) is 21.6 Å². The van der Waals surface area contributed by atoms with E-state index in [1.807, 2.05) is 19.1 Å². The van der Waals surface area contributed by atoms with E-state index < -0.39 is 0 Å². The lowest BCUT2D eigenvalue weighted by Crippen LogP contribution is -2.29. The summed E-state index contributed by atoms with van der Waals surface area (Å²) in [4.78, 5) is 15.6. The first kappa shape index (κ1) is 12.7. The average molecular weight is 263 g/mol. The van der Waals surface area contributed by atoms with Crippen molar-refractivity contribution in [1.29, 1.82) is 0 Å². The van der Waals surface area contributed by atoms with Crippen molar-refractivity contribution in [2.24, 2.45) is 5.84 Å². The Bertz CT molecular complexity index is 554. The Hall–Kier alpha value is -1.79. The first-order chi connectivity index (χ1) is 8.69. The molecular weight excluding hydrogens is 250 g/mol. The first-order valence-electron chi connectivity index (χ1n) is 5.34. The molecule has 2 aromatic rings. The topological polar surface area (TPSA) is 81.2 Å². The number of aryl methyl sites for hydroxylation is 1. The second kappa shape index (κ2) is 5.70. The summed E-state index contributed by atoms with van der Waals surface area (Å²) < 4.78 is 5.24. The Balaban J connectivity index is 2.03. The Kier molecular flexibility index (Phi) is 4.01. The van der Waals surface area contributed by atoms with E-state index in [1.54, 1.807) is 18.4 Å². The van der Waals surface area contributed by atoms with Crippen molar-refractivity contribution in [2.75, 3.05) is 0 Å². The predicted molar refractivity (Wildman–Crippen MR) is 68.9 cm³/mol. The number of hydrogen-bond acceptors (Lipinski definition) is 5. The molecule has 1 aromatic heterocycles. The van der Waals surface area contributed by atoms with Gasteiger partial charge in [0.15, 0.2) is 0 Å². The number of amides is 1. The molecule has 94 valence electrons. The molecule has 2 rings (SSSR count). The summed E-state index contributed by atoms with van der Waals surface area (Å²) in [5.74, 6) is 5.48. The number of nitrogens with zero attached hydrogens (tertiary/aromatic N) is 1. The maximum atomic E-state index is 11.4. The molecule has 0 aliphatic carbocycles. The maximum absolute atomic E-state index is 11.4. The van der Waals surface area contributed by atoms with E-state index in [-0.39, 0.29) is 5.91 Å². The normalized spacial score (nSPS) is 10.3. The lowest BCUT2D eigenvalue weighted by molar-refractivity contribution is 0.0953. The summed E-state index contributed by atoms with van der Waals surface area (Å²) in [5, 5.41) is 0.626. The molecule has 0 fully saturated rings. The molecule has 18 heavy (non-hydrogen) atoms. The number of benzene rings is 1. The number of hydrogen-bond donors (Lipinski definition) is 2. The third-order valence-corrected chi connectivity index (χ3v) is 3.19. The number of rotatable bonds is 4. The smallest absolute Gasteiger partial charge is 0.265 e. The number of nitrogens with one attached hydrogen (secondary N) is 1. The summed E-state index contributed by atoms with van der Waals surface area (Å²) in [6.07, 6.45) is 1.61. The van der Waals surface area contributed by atoms with Crippen LogP contribution in [0.25, 0.3) is 0 Å². The molecule has 0 aliphatic rings. The minimum absolute atomic E-state index is 0.297. The zero-order valence-corrected chi connectivity index (χ0v) is 10.7. The van der Waals surface area contributed by atoms with Crippen LogP contribution in [-0.4, -0.2) is 10.9 Å². The van der Waals surface area contributed by atoms with Crippen molar-refractivity contribution in [3.05, 3.63) is 47.3 Å². The van der Waals surface area contributed by atoms with E-state index in [0.29, 0.717) is 16.5 Å². The van der Waals surface area contributed by atoms with Gasteiger partial charge in [0.2, 0.25) is 0 Å². The number of thioether (sulfide) groups is 1. The van der Waals surface area contributed by atoms with Gasteiger partial charge in [0.25, 0.3) is 11.1 Å². The predicted octanol–water partition coefficient (Wildman–Crippen LogP) is 1.88. The van der Waals surface area contributed by atoms with E-state index in [2.05, 4.69) is 10.4 Å². The van der Waals surface area contributed by atoms with E-state index in [9.17, 15) is 4.79 Å². The molecule has 5 nitrogen and oxygen atoms in total. The second-order valence-corrected chi connectivity index (χ2v) is 4.64. The quantitative estimate of drug-likeness (QED) is 0.381. The number of nitrogens with two attached hydrogens (primary N) is 1. The minimum atomic E-state index is -0.297. The van der Waals surface area contributed by atoms with Gasteiger partial charge in [-0.05, 0) is 24.6 Å². The van der Waals surface area contributed by atoms with Crippen LogP contribution >= 0.6 is 11.8 Å². The van der Waals surface area contributed by atoms with Gasteiger partial charge in [-0.1, -0.05) is 23.9 Å². The van der Waals surface area contributed by atoms with Gasteiger partial charge in [0.05, 0.1) is 5.69 Å². The molecule has 0 atom stereocenters. The molecule has 0 radical (unpaired) electrons. The molecule has 0 bridgehead atoms. The Labute approximate surface area is 109 Å². The largest absolute Gasteiger partial charge is 0.440 e. The molecule has 3 N–H and O–H groups in total. The molecule has 1 heterocycles. The van der Waals surface area contributed by atoms with Crippen molar-refractivity contribution < 1.29 is 9.21 Å². The van der Waals surface area contributed by atoms with Crippen LogP contribution in [0.15, 0.2) is 40.2 Å². The maximum Gasteiger partial charge on any atom is 0.265 e. The highest BCUT2D eigenvalue weighted by Gasteiger charge is 2.06. The van der Waals surface area contributed by atoms with Crippen LogP contribution < -0.4 is 11.3 Å². The highest BCUT2D eigenvalue weighted by molar-refractivity contribution is 7.98. The third-order valence-electron chi connectivity index (χ3n) is 2.28. The van der Waals surface area contributed by atoms with E-state index >= 15 is 0 Å². The van der Waals surface area contributed by atoms with Crippen LogP contribution in [0.4, 0.5) is 0 Å². The Morgan fingerprint density at radius 3 is 3.06 bits per heavy atom. The van der Waals surface area contributed by atoms with Crippen LogP contribution in [0.5, 0.6) is 0 Å². The molecule has 0 saturated heterocycles. The van der Waals surface area contributed by atoms with Crippen LogP contribution in [-0.2, 0) is 5.75 Å². The van der Waals surface area contributed by atoms with Crippen LogP contribution in [0.2, 0.25) is 0 Å². The van der Waals surface area contributed by atoms with Crippen molar-refractivity contribution >= 4 is 17.7 Å². The molecule has 1 amide bonds. The highest BCUT2D eigenvalue weighted by atomic mass is 32.2. The van der Waals surface area contributed by atoms with Crippen molar-refractivity contribution in [1.82, 2.24) is 10.4 Å². The van der Waals surface area contributed by atoms with Gasteiger partial charge in [0, 0.05) is 11.3 Å². The summed E-state index contributed by atoms with van der Waals surface area (Å²) in [6.45, 7) is 1.87. The van der Waals surface area contributed by atoms with Gasteiger partial charge in [-0.3, -0.25) is 10.2 Å². The standard InChI is InChI=1S/C12H13N3O2S/c1-8-6-17-12(14-8)18-7-9-3-2-4-10(5-9)11(16)15-13/h2-6H,7,13H2,1H3,(H,15,16). The second-order valence-electron chi connectivity index (χ2n) is 3.72. The summed E-state index contributed by atoms with van der Waals surface area (Å²) in [5.41, 5.74) is 4.52. The highest BCUT2D eigenvalue weighted by Crippen LogP contribution is 2.22. The number of carbonyl (C=O) groups is 1.